The highest BCUT2D eigenvalue weighted by Crippen LogP contribution is 2.37. The Hall–Kier alpha value is -4.58. The molecule has 0 aliphatic carbocycles. The molecule has 0 saturated carbocycles. The van der Waals surface area contributed by atoms with Crippen LogP contribution in [0.3, 0.4) is 0 Å². The van der Waals surface area contributed by atoms with Crippen LogP contribution in [0.25, 0.3) is 0 Å². The van der Waals surface area contributed by atoms with Crippen LogP contribution in [0.1, 0.15) is 24.1 Å². The number of amides is 1. The zero-order valence-corrected chi connectivity index (χ0v) is 20.3. The van der Waals surface area contributed by atoms with Crippen LogP contribution in [0.15, 0.2) is 89.5 Å². The third-order valence-electron chi connectivity index (χ3n) is 5.68. The van der Waals surface area contributed by atoms with E-state index in [1.54, 1.807) is 54.2 Å². The standard InChI is InChI=1S/C25H20FN7O3S/c1-15-21(23(34)29-19-6-3-11-27-13-19)22(17-4-2-5-18(26)12-17)32-24(28-15)30-25(31-32)37-14-16-7-9-20(10-8-16)33(35)36/h2-13,22H,14H2,1H3,(H,29,34)(H,28,30,31). The van der Waals surface area contributed by atoms with Gasteiger partial charge in [-0.15, -0.1) is 5.10 Å². The van der Waals surface area contributed by atoms with Gasteiger partial charge in [0.2, 0.25) is 11.1 Å². The molecule has 1 aliphatic rings. The molecule has 1 atom stereocenters. The normalized spacial score (nSPS) is 14.6. The molecule has 0 fully saturated rings. The Balaban J connectivity index is 1.45. The molecular formula is C25H20FN7O3S. The van der Waals surface area contributed by atoms with Crippen molar-refractivity contribution in [2.24, 2.45) is 0 Å². The molecule has 3 heterocycles. The highest BCUT2D eigenvalue weighted by molar-refractivity contribution is 7.98. The van der Waals surface area contributed by atoms with E-state index in [9.17, 15) is 19.3 Å². The van der Waals surface area contributed by atoms with Crippen molar-refractivity contribution in [3.8, 4) is 0 Å². The monoisotopic (exact) mass is 517 g/mol. The number of fused-ring (bicyclic) bond motifs is 1. The summed E-state index contributed by atoms with van der Waals surface area (Å²) in [5, 5.41) is 21.9. The molecule has 0 bridgehead atoms. The van der Waals surface area contributed by atoms with Crippen LogP contribution in [0, 0.1) is 15.9 Å². The average Bonchev–Trinajstić information content (AvgIpc) is 3.29. The van der Waals surface area contributed by atoms with E-state index >= 15 is 0 Å². The molecule has 1 amide bonds. The second-order valence-electron chi connectivity index (χ2n) is 8.19. The van der Waals surface area contributed by atoms with Gasteiger partial charge in [0.15, 0.2) is 0 Å². The van der Waals surface area contributed by atoms with Crippen molar-refractivity contribution in [1.82, 2.24) is 19.7 Å². The largest absolute Gasteiger partial charge is 0.328 e. The summed E-state index contributed by atoms with van der Waals surface area (Å²) in [6, 6.07) is 15.0. The van der Waals surface area contributed by atoms with Gasteiger partial charge in [-0.2, -0.15) is 4.98 Å². The Morgan fingerprint density at radius 2 is 2.03 bits per heavy atom. The number of anilines is 2. The molecule has 5 rings (SSSR count). The highest BCUT2D eigenvalue weighted by Gasteiger charge is 2.34. The van der Waals surface area contributed by atoms with Crippen molar-refractivity contribution in [2.45, 2.75) is 23.9 Å². The van der Waals surface area contributed by atoms with Crippen molar-refractivity contribution >= 4 is 35.0 Å². The Morgan fingerprint density at radius 3 is 2.73 bits per heavy atom. The van der Waals surface area contributed by atoms with Crippen molar-refractivity contribution < 1.29 is 14.1 Å². The first-order chi connectivity index (χ1) is 17.9. The Morgan fingerprint density at radius 1 is 1.22 bits per heavy atom. The van der Waals surface area contributed by atoms with E-state index in [4.69, 9.17) is 0 Å². The predicted octanol–water partition coefficient (Wildman–Crippen LogP) is 4.94. The first-order valence-electron chi connectivity index (χ1n) is 11.2. The van der Waals surface area contributed by atoms with Gasteiger partial charge in [0, 0.05) is 29.8 Å². The number of rotatable bonds is 7. The summed E-state index contributed by atoms with van der Waals surface area (Å²) in [4.78, 5) is 32.4. The van der Waals surface area contributed by atoms with Gasteiger partial charge >= 0.3 is 0 Å². The van der Waals surface area contributed by atoms with Gasteiger partial charge < -0.3 is 10.6 Å². The third-order valence-corrected chi connectivity index (χ3v) is 6.59. The molecule has 2 aromatic carbocycles. The predicted molar refractivity (Wildman–Crippen MR) is 136 cm³/mol. The number of pyridine rings is 1. The topological polar surface area (TPSA) is 128 Å². The number of allylic oxidation sites excluding steroid dienone is 1. The quantitative estimate of drug-likeness (QED) is 0.200. The Labute approximate surface area is 214 Å². The van der Waals surface area contributed by atoms with E-state index in [1.807, 2.05) is 0 Å². The first-order valence-corrected chi connectivity index (χ1v) is 12.1. The number of thioether (sulfide) groups is 1. The number of nitro benzene ring substituents is 1. The number of benzene rings is 2. The lowest BCUT2D eigenvalue weighted by Gasteiger charge is -2.28. The maximum atomic E-state index is 14.2. The van der Waals surface area contributed by atoms with Gasteiger partial charge in [0.05, 0.1) is 22.4 Å². The van der Waals surface area contributed by atoms with E-state index in [0.717, 1.165) is 5.56 Å². The van der Waals surface area contributed by atoms with E-state index in [0.29, 0.717) is 39.4 Å². The number of non-ortho nitro benzene ring substituents is 1. The highest BCUT2D eigenvalue weighted by atomic mass is 32.2. The van der Waals surface area contributed by atoms with Gasteiger partial charge in [-0.1, -0.05) is 36.0 Å². The second-order valence-corrected chi connectivity index (χ2v) is 9.13. The lowest BCUT2D eigenvalue weighted by Crippen LogP contribution is -2.31. The molecule has 37 heavy (non-hydrogen) atoms. The summed E-state index contributed by atoms with van der Waals surface area (Å²) in [5.74, 6) is 0.0758. The molecule has 0 saturated heterocycles. The molecule has 0 spiro atoms. The molecule has 0 radical (unpaired) electrons. The summed E-state index contributed by atoms with van der Waals surface area (Å²) in [5.41, 5.74) is 2.86. The zero-order chi connectivity index (χ0) is 25.9. The summed E-state index contributed by atoms with van der Waals surface area (Å²) < 4.78 is 15.8. The van der Waals surface area contributed by atoms with Crippen LogP contribution in [0.2, 0.25) is 0 Å². The molecule has 1 unspecified atom stereocenters. The zero-order valence-electron chi connectivity index (χ0n) is 19.5. The Kier molecular flexibility index (Phi) is 6.64. The van der Waals surface area contributed by atoms with Crippen LogP contribution >= 0.6 is 11.8 Å². The fraction of sp³-hybridized carbons (Fsp3) is 0.120. The molecule has 4 aromatic rings. The number of carbonyl (C=O) groups excluding carboxylic acids is 1. The number of hydrogen-bond acceptors (Lipinski definition) is 8. The second kappa shape index (κ2) is 10.2. The molecule has 186 valence electrons. The number of nitrogens with zero attached hydrogens (tertiary/aromatic N) is 5. The number of carbonyl (C=O) groups is 1. The van der Waals surface area contributed by atoms with Crippen LogP contribution < -0.4 is 10.6 Å². The van der Waals surface area contributed by atoms with E-state index in [1.165, 1.54) is 42.2 Å². The van der Waals surface area contributed by atoms with Crippen LogP contribution in [0.5, 0.6) is 0 Å². The van der Waals surface area contributed by atoms with Crippen LogP contribution in [0.4, 0.5) is 21.7 Å². The van der Waals surface area contributed by atoms with Crippen molar-refractivity contribution in [3.05, 3.63) is 111 Å². The van der Waals surface area contributed by atoms with Crippen molar-refractivity contribution in [1.29, 1.82) is 0 Å². The van der Waals surface area contributed by atoms with E-state index in [2.05, 4.69) is 25.7 Å². The van der Waals surface area contributed by atoms with Gasteiger partial charge in [0.1, 0.15) is 11.9 Å². The van der Waals surface area contributed by atoms with Crippen LogP contribution in [-0.4, -0.2) is 30.6 Å². The van der Waals surface area contributed by atoms with Gasteiger partial charge in [-0.05, 0) is 42.3 Å². The van der Waals surface area contributed by atoms with Gasteiger partial charge in [-0.25, -0.2) is 9.07 Å². The summed E-state index contributed by atoms with van der Waals surface area (Å²) in [7, 11) is 0. The number of nitrogens with one attached hydrogen (secondary N) is 2. The summed E-state index contributed by atoms with van der Waals surface area (Å²) in [6.45, 7) is 1.76. The fourth-order valence-corrected chi connectivity index (χ4v) is 4.75. The van der Waals surface area contributed by atoms with Crippen molar-refractivity contribution in [3.63, 3.8) is 0 Å². The summed E-state index contributed by atoms with van der Waals surface area (Å²) >= 11 is 1.34. The average molecular weight is 518 g/mol. The molecular weight excluding hydrogens is 497 g/mol. The summed E-state index contributed by atoms with van der Waals surface area (Å²) in [6.07, 6.45) is 3.14. The minimum atomic E-state index is -0.732. The minimum Gasteiger partial charge on any atom is -0.328 e. The van der Waals surface area contributed by atoms with E-state index < -0.39 is 16.8 Å². The van der Waals surface area contributed by atoms with Gasteiger partial charge in [0.25, 0.3) is 11.6 Å². The number of nitro groups is 1. The minimum absolute atomic E-state index is 0.0186. The number of hydrogen-bond donors (Lipinski definition) is 2. The molecule has 2 aromatic heterocycles. The fourth-order valence-electron chi connectivity index (χ4n) is 3.97. The Bertz CT molecular complexity index is 1510. The van der Waals surface area contributed by atoms with Gasteiger partial charge in [-0.3, -0.25) is 19.9 Å². The smallest absolute Gasteiger partial charge is 0.269 e. The maximum Gasteiger partial charge on any atom is 0.269 e. The molecule has 1 aliphatic heterocycles. The molecule has 10 nitrogen and oxygen atoms in total. The lowest BCUT2D eigenvalue weighted by molar-refractivity contribution is -0.384. The van der Waals surface area contributed by atoms with Crippen molar-refractivity contribution in [2.75, 3.05) is 10.6 Å². The number of halogens is 1. The third kappa shape index (κ3) is 5.19. The van der Waals surface area contributed by atoms with Crippen LogP contribution in [-0.2, 0) is 10.5 Å². The molecule has 12 heteroatoms. The first kappa shape index (κ1) is 24.1. The SMILES string of the molecule is CC1=C(C(=O)Nc2cccnc2)C(c2cccc(F)c2)n2nc(SCc3ccc([N+](=O)[O-])cc3)nc2N1. The number of aromatic nitrogens is 4. The van der Waals surface area contributed by atoms with E-state index in [-0.39, 0.29) is 11.6 Å². The maximum absolute atomic E-state index is 14.2. The lowest BCUT2D eigenvalue weighted by atomic mass is 9.95. The molecule has 2 N–H and O–H groups in total.